The largest absolute Gasteiger partial charge is 0.480 e. The molecule has 0 aromatic rings. The van der Waals surface area contributed by atoms with Crippen LogP contribution < -0.4 is 4.72 Å². The zero-order valence-corrected chi connectivity index (χ0v) is 10.1. The zero-order valence-electron chi connectivity index (χ0n) is 9.32. The highest BCUT2D eigenvalue weighted by atomic mass is 32.2. The second-order valence-corrected chi connectivity index (χ2v) is 4.55. The molecular weight excluding hydrogens is 272 g/mol. The Morgan fingerprint density at radius 3 is 1.94 bits per heavy atom. The standard InChI is InChI=1S/C7H12N2O8S/c1-2-17-7(14)8-18(15,16)9(3-5(10)11)4-6(12)13/h2-4H2,1H3,(H,8,14)(H,10,11)(H,12,13). The quantitative estimate of drug-likeness (QED) is 0.508. The molecule has 0 unspecified atom stereocenters. The van der Waals surface area contributed by atoms with E-state index in [1.807, 2.05) is 0 Å². The van der Waals surface area contributed by atoms with Gasteiger partial charge < -0.3 is 14.9 Å². The third-order valence-corrected chi connectivity index (χ3v) is 2.81. The van der Waals surface area contributed by atoms with Crippen LogP contribution in [0.4, 0.5) is 4.79 Å². The smallest absolute Gasteiger partial charge is 0.421 e. The summed E-state index contributed by atoms with van der Waals surface area (Å²) in [7, 11) is -4.59. The van der Waals surface area contributed by atoms with Gasteiger partial charge in [0.15, 0.2) is 0 Å². The normalized spacial score (nSPS) is 11.0. The van der Waals surface area contributed by atoms with Gasteiger partial charge in [-0.15, -0.1) is 0 Å². The molecule has 11 heteroatoms. The SMILES string of the molecule is CCOC(=O)NS(=O)(=O)N(CC(=O)O)CC(=O)O. The number of nitrogens with one attached hydrogen (secondary N) is 1. The Kier molecular flexibility index (Phi) is 6.05. The number of amides is 1. The Bertz CT molecular complexity index is 415. The number of carboxylic acid groups (broad SMARTS) is 2. The lowest BCUT2D eigenvalue weighted by atomic mass is 10.6. The summed E-state index contributed by atoms with van der Waals surface area (Å²) in [6, 6.07) is 0. The molecule has 0 rings (SSSR count). The van der Waals surface area contributed by atoms with Gasteiger partial charge in [-0.3, -0.25) is 9.59 Å². The molecule has 0 aliphatic heterocycles. The van der Waals surface area contributed by atoms with Crippen molar-refractivity contribution in [3.05, 3.63) is 0 Å². The van der Waals surface area contributed by atoms with Crippen LogP contribution in [0.2, 0.25) is 0 Å². The Labute approximate surface area is 102 Å². The molecule has 0 heterocycles. The predicted molar refractivity (Wildman–Crippen MR) is 55.9 cm³/mol. The highest BCUT2D eigenvalue weighted by molar-refractivity contribution is 7.87. The minimum absolute atomic E-state index is 0.0780. The minimum atomic E-state index is -4.59. The van der Waals surface area contributed by atoms with Crippen LogP contribution >= 0.6 is 0 Å². The van der Waals surface area contributed by atoms with Crippen LogP contribution in [0.15, 0.2) is 0 Å². The molecule has 0 atom stereocenters. The number of ether oxygens (including phenoxy) is 1. The summed E-state index contributed by atoms with van der Waals surface area (Å²) in [6.07, 6.45) is -1.32. The molecule has 1 amide bonds. The van der Waals surface area contributed by atoms with Crippen molar-refractivity contribution in [1.29, 1.82) is 0 Å². The van der Waals surface area contributed by atoms with E-state index in [0.717, 1.165) is 0 Å². The fourth-order valence-corrected chi connectivity index (χ4v) is 1.82. The molecular formula is C7H12N2O8S. The average molecular weight is 284 g/mol. The first-order valence-electron chi connectivity index (χ1n) is 4.57. The van der Waals surface area contributed by atoms with Crippen molar-refractivity contribution >= 4 is 28.2 Å². The van der Waals surface area contributed by atoms with E-state index in [9.17, 15) is 22.8 Å². The van der Waals surface area contributed by atoms with Crippen molar-refractivity contribution in [1.82, 2.24) is 9.03 Å². The van der Waals surface area contributed by atoms with Crippen LogP contribution in [0.1, 0.15) is 6.92 Å². The van der Waals surface area contributed by atoms with Gasteiger partial charge in [0.2, 0.25) is 0 Å². The number of rotatable bonds is 7. The van der Waals surface area contributed by atoms with Crippen LogP contribution in [0, 0.1) is 0 Å². The zero-order chi connectivity index (χ0) is 14.3. The number of aliphatic carboxylic acids is 2. The maximum atomic E-state index is 11.5. The predicted octanol–water partition coefficient (Wildman–Crippen LogP) is -1.55. The molecule has 0 spiro atoms. The van der Waals surface area contributed by atoms with Gasteiger partial charge in [-0.25, -0.2) is 9.52 Å². The second kappa shape index (κ2) is 6.76. The molecule has 3 N–H and O–H groups in total. The lowest BCUT2D eigenvalue weighted by Gasteiger charge is -2.18. The van der Waals surface area contributed by atoms with Gasteiger partial charge >= 0.3 is 28.2 Å². The maximum Gasteiger partial charge on any atom is 0.421 e. The Morgan fingerprint density at radius 1 is 1.17 bits per heavy atom. The van der Waals surface area contributed by atoms with E-state index in [2.05, 4.69) is 4.74 Å². The van der Waals surface area contributed by atoms with E-state index >= 15 is 0 Å². The Balaban J connectivity index is 4.90. The van der Waals surface area contributed by atoms with E-state index in [1.165, 1.54) is 11.6 Å². The summed E-state index contributed by atoms with van der Waals surface area (Å²) in [6.45, 7) is -0.861. The number of nitrogens with zero attached hydrogens (tertiary/aromatic N) is 1. The Hall–Kier alpha value is -1.88. The third-order valence-electron chi connectivity index (χ3n) is 1.45. The fraction of sp³-hybridized carbons (Fsp3) is 0.571. The van der Waals surface area contributed by atoms with Crippen molar-refractivity contribution in [3.8, 4) is 0 Å². The van der Waals surface area contributed by atoms with Gasteiger partial charge in [0.25, 0.3) is 0 Å². The van der Waals surface area contributed by atoms with E-state index < -0.39 is 41.3 Å². The first-order valence-corrected chi connectivity index (χ1v) is 6.01. The van der Waals surface area contributed by atoms with Gasteiger partial charge in [-0.05, 0) is 6.92 Å². The van der Waals surface area contributed by atoms with Crippen LogP contribution in [0.5, 0.6) is 0 Å². The van der Waals surface area contributed by atoms with Gasteiger partial charge in [0.1, 0.15) is 13.1 Å². The number of hydrogen-bond donors (Lipinski definition) is 3. The summed E-state index contributed by atoms with van der Waals surface area (Å²) in [4.78, 5) is 31.7. The molecule has 0 fully saturated rings. The van der Waals surface area contributed by atoms with Crippen LogP contribution in [0.3, 0.4) is 0 Å². The molecule has 0 aromatic heterocycles. The molecule has 0 aliphatic carbocycles. The Morgan fingerprint density at radius 2 is 1.61 bits per heavy atom. The minimum Gasteiger partial charge on any atom is -0.480 e. The first kappa shape index (κ1) is 16.1. The first-order chi connectivity index (χ1) is 8.19. The molecule has 10 nitrogen and oxygen atoms in total. The summed E-state index contributed by atoms with van der Waals surface area (Å²) in [5.41, 5.74) is 0. The van der Waals surface area contributed by atoms with Crippen molar-refractivity contribution < 1.29 is 37.8 Å². The van der Waals surface area contributed by atoms with Crippen molar-refractivity contribution in [2.75, 3.05) is 19.7 Å². The van der Waals surface area contributed by atoms with Crippen LogP contribution in [-0.2, 0) is 24.5 Å². The van der Waals surface area contributed by atoms with E-state index in [1.54, 1.807) is 0 Å². The number of carboxylic acids is 2. The third kappa shape index (κ3) is 6.00. The molecule has 0 radical (unpaired) electrons. The van der Waals surface area contributed by atoms with Crippen LogP contribution in [-0.4, -0.2) is 60.7 Å². The van der Waals surface area contributed by atoms with Gasteiger partial charge in [0.05, 0.1) is 6.61 Å². The highest BCUT2D eigenvalue weighted by Crippen LogP contribution is 1.98. The van der Waals surface area contributed by atoms with E-state index in [4.69, 9.17) is 10.2 Å². The lowest BCUT2D eigenvalue weighted by molar-refractivity contribution is -0.139. The molecule has 0 saturated heterocycles. The molecule has 0 bridgehead atoms. The maximum absolute atomic E-state index is 11.5. The summed E-state index contributed by atoms with van der Waals surface area (Å²) < 4.78 is 28.7. The van der Waals surface area contributed by atoms with Gasteiger partial charge in [-0.1, -0.05) is 0 Å². The van der Waals surface area contributed by atoms with Crippen molar-refractivity contribution in [3.63, 3.8) is 0 Å². The molecule has 0 saturated carbocycles. The number of hydrogen-bond acceptors (Lipinski definition) is 6. The molecule has 104 valence electrons. The summed E-state index contributed by atoms with van der Waals surface area (Å²) in [5, 5.41) is 16.9. The monoisotopic (exact) mass is 284 g/mol. The van der Waals surface area contributed by atoms with E-state index in [0.29, 0.717) is 0 Å². The van der Waals surface area contributed by atoms with Crippen LogP contribution in [0.25, 0.3) is 0 Å². The second-order valence-electron chi connectivity index (χ2n) is 2.88. The lowest BCUT2D eigenvalue weighted by Crippen LogP contribution is -2.47. The average Bonchev–Trinajstić information content (AvgIpc) is 2.14. The number of carbonyl (C=O) groups excluding carboxylic acids is 1. The summed E-state index contributed by atoms with van der Waals surface area (Å²) >= 11 is 0. The molecule has 18 heavy (non-hydrogen) atoms. The fourth-order valence-electron chi connectivity index (χ4n) is 0.858. The molecule has 0 aromatic carbocycles. The number of carbonyl (C=O) groups is 3. The van der Waals surface area contributed by atoms with Gasteiger partial charge in [0, 0.05) is 0 Å². The van der Waals surface area contributed by atoms with E-state index in [-0.39, 0.29) is 10.9 Å². The highest BCUT2D eigenvalue weighted by Gasteiger charge is 2.28. The molecule has 0 aliphatic rings. The van der Waals surface area contributed by atoms with Crippen molar-refractivity contribution in [2.24, 2.45) is 0 Å². The van der Waals surface area contributed by atoms with Gasteiger partial charge in [-0.2, -0.15) is 12.7 Å². The summed E-state index contributed by atoms with van der Waals surface area (Å²) in [5.74, 6) is -3.13. The topological polar surface area (TPSA) is 150 Å². The van der Waals surface area contributed by atoms with Crippen molar-refractivity contribution in [2.45, 2.75) is 6.92 Å².